The largest absolute Gasteiger partial charge is 0.493 e. The Labute approximate surface area is 148 Å². The topological polar surface area (TPSA) is 44.8 Å². The molecule has 0 fully saturated rings. The van der Waals surface area contributed by atoms with Crippen LogP contribution < -0.4 is 14.2 Å². The van der Waals surface area contributed by atoms with Crippen LogP contribution in [0, 0.1) is 0 Å². The van der Waals surface area contributed by atoms with Gasteiger partial charge in [-0.3, -0.25) is 4.79 Å². The first-order valence-electron chi connectivity index (χ1n) is 8.40. The number of carbonyl (C=O) groups excluding carboxylic acids is 1. The zero-order chi connectivity index (χ0) is 17.8. The van der Waals surface area contributed by atoms with Crippen molar-refractivity contribution in [3.63, 3.8) is 0 Å². The zero-order valence-corrected chi connectivity index (χ0v) is 14.8. The fraction of sp³-hybridized carbons (Fsp3) is 0.286. The van der Waals surface area contributed by atoms with E-state index in [4.69, 9.17) is 14.2 Å². The monoisotopic (exact) mass is 338 g/mol. The number of ketones is 1. The number of carbonyl (C=O) groups is 1. The van der Waals surface area contributed by atoms with Crippen molar-refractivity contribution in [2.45, 2.75) is 19.8 Å². The number of methoxy groups -OCH3 is 2. The van der Waals surface area contributed by atoms with Gasteiger partial charge in [0.05, 0.1) is 20.8 Å². The standard InChI is InChI=1S/C21H22O4/c1-4-25-21-18(23-2)12-14(13-19(21)24-3)11-16-10-9-15-7-5-6-8-17(15)20(16)22/h5-8,11-13H,4,9-10H2,1-3H3. The van der Waals surface area contributed by atoms with Crippen LogP contribution in [0.25, 0.3) is 6.08 Å². The van der Waals surface area contributed by atoms with Gasteiger partial charge in [0.2, 0.25) is 5.75 Å². The molecule has 0 amide bonds. The molecule has 1 aliphatic rings. The minimum absolute atomic E-state index is 0.0914. The zero-order valence-electron chi connectivity index (χ0n) is 14.8. The average Bonchev–Trinajstić information content (AvgIpc) is 2.65. The van der Waals surface area contributed by atoms with E-state index in [9.17, 15) is 4.79 Å². The second kappa shape index (κ2) is 7.43. The first-order valence-corrected chi connectivity index (χ1v) is 8.40. The van der Waals surface area contributed by atoms with Crippen molar-refractivity contribution in [1.82, 2.24) is 0 Å². The lowest BCUT2D eigenvalue weighted by Crippen LogP contribution is -2.13. The van der Waals surface area contributed by atoms with Crippen molar-refractivity contribution >= 4 is 11.9 Å². The third kappa shape index (κ3) is 3.38. The number of fused-ring (bicyclic) bond motifs is 1. The quantitative estimate of drug-likeness (QED) is 0.762. The number of Topliss-reactive ketones (excluding diaryl/α,β-unsaturated/α-hetero) is 1. The van der Waals surface area contributed by atoms with Crippen molar-refractivity contribution in [2.75, 3.05) is 20.8 Å². The fourth-order valence-electron chi connectivity index (χ4n) is 3.12. The van der Waals surface area contributed by atoms with E-state index in [0.29, 0.717) is 23.9 Å². The SMILES string of the molecule is CCOc1c(OC)cc(C=C2CCc3ccccc3C2=O)cc1OC. The maximum Gasteiger partial charge on any atom is 0.203 e. The predicted molar refractivity (Wildman–Crippen MR) is 97.8 cm³/mol. The lowest BCUT2D eigenvalue weighted by molar-refractivity contribution is 0.102. The summed E-state index contributed by atoms with van der Waals surface area (Å²) in [6, 6.07) is 11.5. The number of hydrogen-bond acceptors (Lipinski definition) is 4. The van der Waals surface area contributed by atoms with Gasteiger partial charge in [0.15, 0.2) is 17.3 Å². The summed E-state index contributed by atoms with van der Waals surface area (Å²) in [5, 5.41) is 0. The van der Waals surface area contributed by atoms with Crippen molar-refractivity contribution in [3.8, 4) is 17.2 Å². The molecular weight excluding hydrogens is 316 g/mol. The van der Waals surface area contributed by atoms with Crippen LogP contribution in [0.5, 0.6) is 17.2 Å². The molecule has 0 heterocycles. The summed E-state index contributed by atoms with van der Waals surface area (Å²) >= 11 is 0. The number of hydrogen-bond donors (Lipinski definition) is 0. The molecule has 2 aromatic rings. The fourth-order valence-corrected chi connectivity index (χ4v) is 3.12. The molecule has 0 saturated carbocycles. The Morgan fingerprint density at radius 2 is 1.72 bits per heavy atom. The molecular formula is C21H22O4. The van der Waals surface area contributed by atoms with Gasteiger partial charge in [0, 0.05) is 11.1 Å². The predicted octanol–water partition coefficient (Wildman–Crippen LogP) is 4.32. The van der Waals surface area contributed by atoms with Crippen LogP contribution in [0.15, 0.2) is 42.0 Å². The third-order valence-corrected chi connectivity index (χ3v) is 4.33. The van der Waals surface area contributed by atoms with Crippen LogP contribution in [-0.2, 0) is 6.42 Å². The van der Waals surface area contributed by atoms with E-state index < -0.39 is 0 Å². The molecule has 3 rings (SSSR count). The summed E-state index contributed by atoms with van der Waals surface area (Å²) in [5.41, 5.74) is 3.57. The lowest BCUT2D eigenvalue weighted by Gasteiger charge is -2.18. The Morgan fingerprint density at radius 3 is 2.36 bits per heavy atom. The minimum Gasteiger partial charge on any atom is -0.493 e. The minimum atomic E-state index is 0.0914. The number of benzene rings is 2. The molecule has 0 bridgehead atoms. The summed E-state index contributed by atoms with van der Waals surface area (Å²) < 4.78 is 16.5. The van der Waals surface area contributed by atoms with Gasteiger partial charge < -0.3 is 14.2 Å². The summed E-state index contributed by atoms with van der Waals surface area (Å²) in [6.45, 7) is 2.43. The molecule has 0 radical (unpaired) electrons. The molecule has 25 heavy (non-hydrogen) atoms. The van der Waals surface area contributed by atoms with E-state index in [-0.39, 0.29) is 5.78 Å². The highest BCUT2D eigenvalue weighted by Gasteiger charge is 2.22. The van der Waals surface area contributed by atoms with Crippen LogP contribution >= 0.6 is 0 Å². The van der Waals surface area contributed by atoms with Crippen molar-refractivity contribution in [1.29, 1.82) is 0 Å². The Bertz CT molecular complexity index is 795. The Balaban J connectivity index is 2.00. The molecule has 0 aromatic heterocycles. The van der Waals surface area contributed by atoms with Gasteiger partial charge >= 0.3 is 0 Å². The molecule has 4 heteroatoms. The first-order chi connectivity index (χ1) is 12.2. The van der Waals surface area contributed by atoms with Gasteiger partial charge in [-0.2, -0.15) is 0 Å². The third-order valence-electron chi connectivity index (χ3n) is 4.33. The van der Waals surface area contributed by atoms with E-state index in [0.717, 1.165) is 35.1 Å². The summed E-state index contributed by atoms with van der Waals surface area (Å²) in [4.78, 5) is 12.7. The van der Waals surface area contributed by atoms with Crippen LogP contribution in [0.1, 0.15) is 34.8 Å². The number of ether oxygens (including phenoxy) is 3. The first kappa shape index (κ1) is 17.1. The summed E-state index contributed by atoms with van der Waals surface area (Å²) in [7, 11) is 3.19. The van der Waals surface area contributed by atoms with E-state index in [1.807, 2.05) is 49.4 Å². The molecule has 1 aliphatic carbocycles. The van der Waals surface area contributed by atoms with E-state index in [2.05, 4.69) is 0 Å². The van der Waals surface area contributed by atoms with Gasteiger partial charge in [-0.1, -0.05) is 24.3 Å². The molecule has 0 N–H and O–H groups in total. The number of aryl methyl sites for hydroxylation is 1. The van der Waals surface area contributed by atoms with Gasteiger partial charge in [0.1, 0.15) is 0 Å². The second-order valence-corrected chi connectivity index (χ2v) is 5.84. The van der Waals surface area contributed by atoms with Crippen molar-refractivity contribution in [2.24, 2.45) is 0 Å². The maximum atomic E-state index is 12.7. The molecule has 0 aliphatic heterocycles. The molecule has 0 saturated heterocycles. The molecule has 0 spiro atoms. The van der Waals surface area contributed by atoms with Gasteiger partial charge in [-0.05, 0) is 49.1 Å². The maximum absolute atomic E-state index is 12.7. The highest BCUT2D eigenvalue weighted by Crippen LogP contribution is 2.39. The van der Waals surface area contributed by atoms with E-state index in [1.165, 1.54) is 0 Å². The number of allylic oxidation sites excluding steroid dienone is 1. The van der Waals surface area contributed by atoms with Crippen LogP contribution in [0.3, 0.4) is 0 Å². The number of rotatable bonds is 5. The smallest absolute Gasteiger partial charge is 0.203 e. The highest BCUT2D eigenvalue weighted by molar-refractivity contribution is 6.13. The van der Waals surface area contributed by atoms with Crippen LogP contribution in [0.4, 0.5) is 0 Å². The Morgan fingerprint density at radius 1 is 1.04 bits per heavy atom. The second-order valence-electron chi connectivity index (χ2n) is 5.84. The molecule has 130 valence electrons. The molecule has 2 aromatic carbocycles. The van der Waals surface area contributed by atoms with Crippen LogP contribution in [-0.4, -0.2) is 26.6 Å². The Kier molecular flexibility index (Phi) is 5.08. The Hall–Kier alpha value is -2.75. The van der Waals surface area contributed by atoms with Crippen molar-refractivity contribution in [3.05, 3.63) is 58.7 Å². The lowest BCUT2D eigenvalue weighted by atomic mass is 9.86. The van der Waals surface area contributed by atoms with E-state index >= 15 is 0 Å². The highest BCUT2D eigenvalue weighted by atomic mass is 16.5. The van der Waals surface area contributed by atoms with Gasteiger partial charge in [-0.25, -0.2) is 0 Å². The van der Waals surface area contributed by atoms with Gasteiger partial charge in [0.25, 0.3) is 0 Å². The molecule has 0 atom stereocenters. The average molecular weight is 338 g/mol. The molecule has 0 unspecified atom stereocenters. The molecule has 4 nitrogen and oxygen atoms in total. The summed E-state index contributed by atoms with van der Waals surface area (Å²) in [6.07, 6.45) is 3.52. The summed E-state index contributed by atoms with van der Waals surface area (Å²) in [5.74, 6) is 1.86. The van der Waals surface area contributed by atoms with Crippen LogP contribution in [0.2, 0.25) is 0 Å². The van der Waals surface area contributed by atoms with Crippen molar-refractivity contribution < 1.29 is 19.0 Å². The van der Waals surface area contributed by atoms with Gasteiger partial charge in [-0.15, -0.1) is 0 Å². The normalized spacial score (nSPS) is 15.0. The van der Waals surface area contributed by atoms with E-state index in [1.54, 1.807) is 14.2 Å².